The summed E-state index contributed by atoms with van der Waals surface area (Å²) in [6.45, 7) is 0. The Kier molecular flexibility index (Phi) is 1.94. The summed E-state index contributed by atoms with van der Waals surface area (Å²) >= 11 is 0. The van der Waals surface area contributed by atoms with E-state index in [1.54, 1.807) is 6.20 Å². The minimum Gasteiger partial charge on any atom is -0.476 e. The van der Waals surface area contributed by atoms with Crippen molar-refractivity contribution in [2.75, 3.05) is 0 Å². The van der Waals surface area contributed by atoms with E-state index in [0.29, 0.717) is 5.76 Å². The third kappa shape index (κ3) is 1.55. The van der Waals surface area contributed by atoms with Gasteiger partial charge in [0.15, 0.2) is 11.5 Å². The summed E-state index contributed by atoms with van der Waals surface area (Å²) in [6.07, 6.45) is 1.71. The second-order valence-electron chi connectivity index (χ2n) is 3.55. The Morgan fingerprint density at radius 1 is 1.35 bits per heavy atom. The molecule has 0 aliphatic carbocycles. The van der Waals surface area contributed by atoms with Crippen molar-refractivity contribution >= 4 is 16.9 Å². The first-order chi connectivity index (χ1) is 8.24. The maximum atomic E-state index is 10.7. The van der Waals surface area contributed by atoms with E-state index in [4.69, 9.17) is 9.63 Å². The second-order valence-corrected chi connectivity index (χ2v) is 3.55. The van der Waals surface area contributed by atoms with Crippen LogP contribution in [0.4, 0.5) is 0 Å². The summed E-state index contributed by atoms with van der Waals surface area (Å²) in [5.74, 6) is -0.693. The molecular weight excluding hydrogens is 222 g/mol. The van der Waals surface area contributed by atoms with Gasteiger partial charge in [-0.3, -0.25) is 5.10 Å². The molecule has 3 aromatic rings. The van der Waals surface area contributed by atoms with Crippen molar-refractivity contribution in [3.63, 3.8) is 0 Å². The zero-order valence-electron chi connectivity index (χ0n) is 8.54. The van der Waals surface area contributed by atoms with Crippen LogP contribution in [-0.4, -0.2) is 26.4 Å². The van der Waals surface area contributed by atoms with Gasteiger partial charge in [0.2, 0.25) is 0 Å². The van der Waals surface area contributed by atoms with Crippen LogP contribution in [0.1, 0.15) is 10.5 Å². The van der Waals surface area contributed by atoms with Crippen LogP contribution in [-0.2, 0) is 0 Å². The Morgan fingerprint density at radius 3 is 3.00 bits per heavy atom. The van der Waals surface area contributed by atoms with Gasteiger partial charge < -0.3 is 9.63 Å². The van der Waals surface area contributed by atoms with Crippen LogP contribution in [0.5, 0.6) is 0 Å². The van der Waals surface area contributed by atoms with E-state index in [2.05, 4.69) is 15.4 Å². The highest BCUT2D eigenvalue weighted by Gasteiger charge is 2.12. The lowest BCUT2D eigenvalue weighted by Crippen LogP contribution is -1.94. The smallest absolute Gasteiger partial charge is 0.358 e. The van der Waals surface area contributed by atoms with E-state index in [1.165, 1.54) is 6.07 Å². The van der Waals surface area contributed by atoms with Crippen molar-refractivity contribution < 1.29 is 14.4 Å². The van der Waals surface area contributed by atoms with Gasteiger partial charge in [-0.15, -0.1) is 0 Å². The number of nitrogens with zero attached hydrogens (tertiary/aromatic N) is 2. The lowest BCUT2D eigenvalue weighted by atomic mass is 10.1. The zero-order valence-corrected chi connectivity index (χ0v) is 8.54. The monoisotopic (exact) mass is 229 g/mol. The molecule has 3 rings (SSSR count). The summed E-state index contributed by atoms with van der Waals surface area (Å²) in [4.78, 5) is 10.7. The highest BCUT2D eigenvalue weighted by Crippen LogP contribution is 2.23. The third-order valence-electron chi connectivity index (χ3n) is 2.46. The molecule has 2 heterocycles. The zero-order chi connectivity index (χ0) is 11.8. The Hall–Kier alpha value is -2.63. The highest BCUT2D eigenvalue weighted by molar-refractivity contribution is 5.87. The van der Waals surface area contributed by atoms with Crippen molar-refractivity contribution in [1.29, 1.82) is 0 Å². The molecule has 17 heavy (non-hydrogen) atoms. The van der Waals surface area contributed by atoms with Crippen LogP contribution < -0.4 is 0 Å². The molecule has 0 aliphatic heterocycles. The van der Waals surface area contributed by atoms with Crippen LogP contribution in [0.2, 0.25) is 0 Å². The first-order valence-corrected chi connectivity index (χ1v) is 4.87. The lowest BCUT2D eigenvalue weighted by Gasteiger charge is -1.94. The van der Waals surface area contributed by atoms with Gasteiger partial charge in [0, 0.05) is 17.0 Å². The van der Waals surface area contributed by atoms with E-state index >= 15 is 0 Å². The maximum Gasteiger partial charge on any atom is 0.358 e. The molecule has 0 saturated heterocycles. The molecular formula is C11H7N3O3. The van der Waals surface area contributed by atoms with E-state index < -0.39 is 5.97 Å². The molecule has 2 aromatic heterocycles. The van der Waals surface area contributed by atoms with Gasteiger partial charge in [-0.05, 0) is 6.07 Å². The maximum absolute atomic E-state index is 10.7. The van der Waals surface area contributed by atoms with Crippen molar-refractivity contribution in [2.24, 2.45) is 0 Å². The van der Waals surface area contributed by atoms with Gasteiger partial charge in [0.05, 0.1) is 11.7 Å². The average Bonchev–Trinajstić information content (AvgIpc) is 2.97. The van der Waals surface area contributed by atoms with Gasteiger partial charge >= 0.3 is 5.97 Å². The van der Waals surface area contributed by atoms with Gasteiger partial charge in [-0.1, -0.05) is 17.3 Å². The number of hydrogen-bond acceptors (Lipinski definition) is 4. The molecule has 0 atom stereocenters. The molecule has 6 heteroatoms. The number of carboxylic acids is 1. The van der Waals surface area contributed by atoms with E-state index in [-0.39, 0.29) is 5.69 Å². The lowest BCUT2D eigenvalue weighted by molar-refractivity contribution is 0.0686. The fourth-order valence-corrected chi connectivity index (χ4v) is 1.60. The number of nitrogens with one attached hydrogen (secondary N) is 1. The second kappa shape index (κ2) is 3.44. The number of rotatable bonds is 2. The number of aromatic nitrogens is 3. The molecule has 84 valence electrons. The number of fused-ring (bicyclic) bond motifs is 1. The van der Waals surface area contributed by atoms with Crippen molar-refractivity contribution in [2.45, 2.75) is 0 Å². The summed E-state index contributed by atoms with van der Waals surface area (Å²) in [5, 5.41) is 19.9. The Bertz CT molecular complexity index is 699. The van der Waals surface area contributed by atoms with Gasteiger partial charge in [-0.2, -0.15) is 5.10 Å². The quantitative estimate of drug-likeness (QED) is 0.700. The summed E-state index contributed by atoms with van der Waals surface area (Å²) in [5.41, 5.74) is 1.50. The van der Waals surface area contributed by atoms with Crippen LogP contribution in [0.3, 0.4) is 0 Å². The average molecular weight is 229 g/mol. The van der Waals surface area contributed by atoms with Crippen molar-refractivity contribution in [1.82, 2.24) is 15.4 Å². The number of carbonyl (C=O) groups is 1. The van der Waals surface area contributed by atoms with E-state index in [0.717, 1.165) is 16.5 Å². The molecule has 0 radical (unpaired) electrons. The number of hydrogen-bond donors (Lipinski definition) is 2. The predicted molar refractivity (Wildman–Crippen MR) is 58.6 cm³/mol. The molecule has 0 fully saturated rings. The Labute approximate surface area is 94.9 Å². The van der Waals surface area contributed by atoms with Crippen LogP contribution in [0.25, 0.3) is 22.2 Å². The van der Waals surface area contributed by atoms with Crippen LogP contribution >= 0.6 is 0 Å². The number of H-pyrrole nitrogens is 1. The molecule has 0 spiro atoms. The third-order valence-corrected chi connectivity index (χ3v) is 2.46. The summed E-state index contributed by atoms with van der Waals surface area (Å²) in [6, 6.07) is 6.91. The normalized spacial score (nSPS) is 10.8. The molecule has 0 unspecified atom stereocenters. The predicted octanol–water partition coefficient (Wildman–Crippen LogP) is 1.92. The van der Waals surface area contributed by atoms with Crippen molar-refractivity contribution in [3.05, 3.63) is 36.2 Å². The highest BCUT2D eigenvalue weighted by atomic mass is 16.5. The van der Waals surface area contributed by atoms with Gasteiger partial charge in [0.1, 0.15) is 0 Å². The molecule has 2 N–H and O–H groups in total. The number of aromatic carboxylic acids is 1. The molecule has 0 aliphatic rings. The number of benzene rings is 1. The van der Waals surface area contributed by atoms with Gasteiger partial charge in [-0.25, -0.2) is 4.79 Å². The van der Waals surface area contributed by atoms with Gasteiger partial charge in [0.25, 0.3) is 0 Å². The fourth-order valence-electron chi connectivity index (χ4n) is 1.60. The van der Waals surface area contributed by atoms with Crippen molar-refractivity contribution in [3.8, 4) is 11.3 Å². The minimum atomic E-state index is -1.11. The topological polar surface area (TPSA) is 92.0 Å². The molecule has 0 bridgehead atoms. The van der Waals surface area contributed by atoms with Crippen LogP contribution in [0.15, 0.2) is 35.0 Å². The Balaban J connectivity index is 2.09. The standard InChI is InChI=1S/C11H7N3O3/c15-11(16)9-4-10(17-14-9)6-1-2-7-5-12-13-8(7)3-6/h1-5H,(H,12,13)(H,15,16). The first-order valence-electron chi connectivity index (χ1n) is 4.87. The largest absolute Gasteiger partial charge is 0.476 e. The van der Waals surface area contributed by atoms with E-state index in [1.807, 2.05) is 18.2 Å². The molecule has 6 nitrogen and oxygen atoms in total. The summed E-state index contributed by atoms with van der Waals surface area (Å²) in [7, 11) is 0. The minimum absolute atomic E-state index is 0.107. The molecule has 1 aromatic carbocycles. The molecule has 0 amide bonds. The fraction of sp³-hybridized carbons (Fsp3) is 0. The first kappa shape index (κ1) is 9.59. The number of aromatic amines is 1. The SMILES string of the molecule is O=C(O)c1cc(-c2ccc3cn[nH]c3c2)on1. The van der Waals surface area contributed by atoms with Crippen LogP contribution in [0, 0.1) is 0 Å². The van der Waals surface area contributed by atoms with E-state index in [9.17, 15) is 4.79 Å². The number of carboxylic acid groups (broad SMARTS) is 1. The molecule has 0 saturated carbocycles. The Morgan fingerprint density at radius 2 is 2.24 bits per heavy atom. The summed E-state index contributed by atoms with van der Waals surface area (Å²) < 4.78 is 4.97.